The second-order valence-electron chi connectivity index (χ2n) is 26.5. The number of aromatic nitrogens is 15. The second kappa shape index (κ2) is 28.8. The maximum absolute atomic E-state index is 12.9. The van der Waals surface area contributed by atoms with Gasteiger partial charge in [0.15, 0.2) is 23.0 Å². The van der Waals surface area contributed by atoms with Gasteiger partial charge in [-0.1, -0.05) is 86.5 Å². The molecule has 0 unspecified atom stereocenters. The van der Waals surface area contributed by atoms with Crippen molar-refractivity contribution in [3.8, 4) is 50.9 Å². The SMILES string of the molecule is C=CC(=O)N1CCC[C@@H](n2nc(-c3ccc(-c4nc5ccccc5o4)cc3)c3c(N)n[nH]c(=O)c32)C1.C=CC(=O)N1CCC[C@@H](n2nc(-c3ccc(-n4cc5ccccc5n4)cc3)c3c(N)n[nH]c(=O)c32)C1.C=CC(=O)N1CCC[C@@H](n2nc(-c3ccc(C(=O)N4CCCC4)cc3)c3c(N)n[nH]c(=O)c32)C1. The van der Waals surface area contributed by atoms with Gasteiger partial charge in [-0.15, -0.1) is 0 Å². The molecular formula is C76H74N22O8. The van der Waals surface area contributed by atoms with Gasteiger partial charge in [0.2, 0.25) is 23.6 Å². The van der Waals surface area contributed by atoms with Gasteiger partial charge in [-0.25, -0.2) is 25.0 Å². The smallest absolute Gasteiger partial charge is 0.290 e. The first-order valence-electron chi connectivity index (χ1n) is 35.0. The fraction of sp³-hybridized carbons (Fsp3) is 0.250. The predicted octanol–water partition coefficient (Wildman–Crippen LogP) is 8.54. The van der Waals surface area contributed by atoms with Crippen LogP contribution in [-0.4, -0.2) is 170 Å². The molecule has 8 aromatic heterocycles. The van der Waals surface area contributed by atoms with E-state index in [-0.39, 0.29) is 70.3 Å². The molecule has 0 spiro atoms. The van der Waals surface area contributed by atoms with Gasteiger partial charge in [0.05, 0.1) is 45.5 Å². The number of H-pyrrole nitrogens is 3. The maximum Gasteiger partial charge on any atom is 0.290 e. The van der Waals surface area contributed by atoms with E-state index in [2.05, 4.69) is 60.4 Å². The van der Waals surface area contributed by atoms with Crippen LogP contribution < -0.4 is 33.9 Å². The van der Waals surface area contributed by atoms with E-state index < -0.39 is 5.56 Å². The lowest BCUT2D eigenvalue weighted by Crippen LogP contribution is -2.40. The molecule has 5 aromatic carbocycles. The molecule has 4 aliphatic rings. The van der Waals surface area contributed by atoms with Crippen molar-refractivity contribution in [3.05, 3.63) is 202 Å². The van der Waals surface area contributed by atoms with Crippen LogP contribution in [0.4, 0.5) is 17.5 Å². The van der Waals surface area contributed by atoms with Crippen molar-refractivity contribution in [2.75, 3.05) is 69.6 Å². The molecule has 0 radical (unpaired) electrons. The van der Waals surface area contributed by atoms with E-state index in [1.165, 1.54) is 18.2 Å². The number of nitrogens with one attached hydrogen (secondary N) is 3. The molecular weight excluding hydrogens is 1350 g/mol. The minimum Gasteiger partial charge on any atom is -0.436 e. The zero-order valence-electron chi connectivity index (χ0n) is 57.7. The number of para-hydroxylation sites is 2. The number of hydrogen-bond acceptors (Lipinski definition) is 19. The summed E-state index contributed by atoms with van der Waals surface area (Å²) in [4.78, 5) is 99.5. The van der Waals surface area contributed by atoms with Gasteiger partial charge < -0.3 is 41.2 Å². The minimum absolute atomic E-state index is 0.0197. The van der Waals surface area contributed by atoms with Crippen molar-refractivity contribution in [2.24, 2.45) is 0 Å². The summed E-state index contributed by atoms with van der Waals surface area (Å²) in [6, 6.07) is 37.6. The van der Waals surface area contributed by atoms with Gasteiger partial charge in [0.1, 0.15) is 39.1 Å². The lowest BCUT2D eigenvalue weighted by molar-refractivity contribution is -0.128. The Hall–Kier alpha value is -13.4. The first kappa shape index (κ1) is 68.4. The third-order valence-corrected chi connectivity index (χ3v) is 20.0. The normalized spacial score (nSPS) is 16.8. The predicted molar refractivity (Wildman–Crippen MR) is 402 cm³/mol. The van der Waals surface area contributed by atoms with Gasteiger partial charge >= 0.3 is 0 Å². The number of nitrogen functional groups attached to an aromatic ring is 3. The molecule has 0 saturated carbocycles. The lowest BCUT2D eigenvalue weighted by atomic mass is 10.0. The van der Waals surface area contributed by atoms with Crippen LogP contribution in [0.15, 0.2) is 184 Å². The minimum atomic E-state index is -0.393. The van der Waals surface area contributed by atoms with Gasteiger partial charge in [-0.05, 0) is 124 Å². The number of likely N-dealkylation sites (tertiary alicyclic amines) is 4. The number of hydrogen-bond donors (Lipinski definition) is 6. The number of fused-ring (bicyclic) bond motifs is 5. The zero-order chi connectivity index (χ0) is 73.4. The lowest BCUT2D eigenvalue weighted by Gasteiger charge is -2.32. The van der Waals surface area contributed by atoms with Crippen LogP contribution >= 0.6 is 0 Å². The summed E-state index contributed by atoms with van der Waals surface area (Å²) in [6.07, 6.45) is 12.7. The molecule has 9 N–H and O–H groups in total. The highest BCUT2D eigenvalue weighted by atomic mass is 16.3. The third kappa shape index (κ3) is 13.0. The van der Waals surface area contributed by atoms with E-state index in [4.69, 9.17) is 36.9 Å². The van der Waals surface area contributed by atoms with Crippen molar-refractivity contribution in [2.45, 2.75) is 69.5 Å². The highest BCUT2D eigenvalue weighted by Gasteiger charge is 2.33. The molecule has 30 nitrogen and oxygen atoms in total. The molecule has 30 heteroatoms. The first-order valence-corrected chi connectivity index (χ1v) is 35.0. The number of carbonyl (C=O) groups is 4. The Balaban J connectivity index is 0.000000127. The number of amides is 4. The summed E-state index contributed by atoms with van der Waals surface area (Å²) in [6.45, 7) is 15.6. The molecule has 0 bridgehead atoms. The Morgan fingerprint density at radius 2 is 0.840 bits per heavy atom. The summed E-state index contributed by atoms with van der Waals surface area (Å²) in [7, 11) is 0. The van der Waals surface area contributed by atoms with Gasteiger partial charge in [-0.3, -0.25) is 47.6 Å². The Labute approximate surface area is 603 Å². The molecule has 3 atom stereocenters. The fourth-order valence-electron chi connectivity index (χ4n) is 14.7. The second-order valence-corrected chi connectivity index (χ2v) is 26.5. The van der Waals surface area contributed by atoms with Crippen LogP contribution in [-0.2, 0) is 14.4 Å². The number of aromatic amines is 3. The number of piperidine rings is 3. The van der Waals surface area contributed by atoms with Crippen molar-refractivity contribution >= 4 is 95.8 Å². The van der Waals surface area contributed by atoms with E-state index in [0.29, 0.717) is 101 Å². The van der Waals surface area contributed by atoms with Gasteiger partial charge in [0.25, 0.3) is 22.6 Å². The Bertz CT molecular complexity index is 5480. The van der Waals surface area contributed by atoms with Gasteiger partial charge in [0, 0.05) is 91.8 Å². The van der Waals surface area contributed by atoms with Crippen LogP contribution in [0.3, 0.4) is 0 Å². The van der Waals surface area contributed by atoms with Crippen LogP contribution in [0.1, 0.15) is 79.9 Å². The monoisotopic (exact) mass is 1420 g/mol. The van der Waals surface area contributed by atoms with E-state index >= 15 is 0 Å². The van der Waals surface area contributed by atoms with E-state index in [1.807, 2.05) is 125 Å². The standard InChI is InChI=1S/C26H24N8O2.C26H23N7O3.C24H27N7O3/c1-2-21(35)32-13-5-7-19(15-32)34-24-22(25(27)28-29-26(24)36)23(31-34)16-9-11-18(12-10-16)33-14-17-6-3-4-8-20(17)30-33;1-2-20(34)32-13-5-6-17(14-32)33-23-21(24(27)29-30-25(23)35)22(31-33)15-9-11-16(12-10-15)26-28-18-7-3-4-8-19(18)36-26;1-2-18(32)30-13-5-6-17(14-30)31-21-19(22(25)26-27-23(21)33)20(28-31)15-7-9-16(10-8-15)24(34)29-11-3-4-12-29/h2-4,6,8-12,14,19H,1,5,7,13,15H2,(H2,27,28)(H,29,36);2-4,7-12,17H,1,5-6,13-14H2,(H2,27,29)(H,30,35);2,7-10,17H,1,3-6,11-14H2,(H2,25,26)(H,27,33)/t19-;2*17-/m111/s1. The maximum atomic E-state index is 12.9. The molecule has 4 fully saturated rings. The highest BCUT2D eigenvalue weighted by molar-refractivity contribution is 6.03. The number of anilines is 3. The van der Waals surface area contributed by atoms with Crippen LogP contribution in [0.5, 0.6) is 0 Å². The molecule has 4 amide bonds. The third-order valence-electron chi connectivity index (χ3n) is 20.0. The van der Waals surface area contributed by atoms with Crippen molar-refractivity contribution in [1.82, 2.24) is 94.3 Å². The molecule has 4 aliphatic heterocycles. The van der Waals surface area contributed by atoms with E-state index in [0.717, 1.165) is 114 Å². The van der Waals surface area contributed by atoms with Gasteiger partial charge in [-0.2, -0.15) is 35.7 Å². The topological polar surface area (TPSA) is 394 Å². The summed E-state index contributed by atoms with van der Waals surface area (Å²) in [5, 5.41) is 41.0. The van der Waals surface area contributed by atoms with Crippen LogP contribution in [0, 0.1) is 0 Å². The van der Waals surface area contributed by atoms with Crippen LogP contribution in [0.2, 0.25) is 0 Å². The molecule has 0 aliphatic carbocycles. The number of oxazole rings is 1. The van der Waals surface area contributed by atoms with E-state index in [1.54, 1.807) is 40.9 Å². The molecule has 4 saturated heterocycles. The zero-order valence-corrected chi connectivity index (χ0v) is 57.7. The van der Waals surface area contributed by atoms with Crippen molar-refractivity contribution < 1.29 is 23.6 Å². The average Bonchev–Trinajstić information content (AvgIpc) is 1.60. The summed E-state index contributed by atoms with van der Waals surface area (Å²) in [5.41, 5.74) is 27.3. The Kier molecular flexibility index (Phi) is 18.6. The van der Waals surface area contributed by atoms with E-state index in [9.17, 15) is 33.6 Å². The quantitative estimate of drug-likeness (QED) is 0.0624. The van der Waals surface area contributed by atoms with Crippen molar-refractivity contribution in [3.63, 3.8) is 0 Å². The highest BCUT2D eigenvalue weighted by Crippen LogP contribution is 2.38. The molecule has 17 rings (SSSR count). The number of rotatable bonds is 12. The first-order chi connectivity index (χ1) is 51.5. The number of nitrogens with zero attached hydrogens (tertiary/aromatic N) is 16. The number of nitrogens with two attached hydrogens (primary N) is 3. The summed E-state index contributed by atoms with van der Waals surface area (Å²) < 4.78 is 12.8. The van der Waals surface area contributed by atoms with Crippen LogP contribution in [0.25, 0.3) is 106 Å². The molecule has 106 heavy (non-hydrogen) atoms. The largest absolute Gasteiger partial charge is 0.436 e. The fourth-order valence-corrected chi connectivity index (χ4v) is 14.7. The number of benzene rings is 5. The average molecular weight is 1420 g/mol. The summed E-state index contributed by atoms with van der Waals surface area (Å²) in [5.74, 6) is 0.676. The molecule has 12 heterocycles. The Morgan fingerprint density at radius 1 is 0.453 bits per heavy atom. The Morgan fingerprint density at radius 3 is 1.26 bits per heavy atom. The van der Waals surface area contributed by atoms with Crippen molar-refractivity contribution in [1.29, 1.82) is 0 Å². The molecule has 13 aromatic rings. The number of carbonyl (C=O) groups excluding carboxylic acids is 4. The molecule has 536 valence electrons. The summed E-state index contributed by atoms with van der Waals surface area (Å²) >= 11 is 0.